The first-order valence-electron chi connectivity index (χ1n) is 5.91. The van der Waals surface area contributed by atoms with E-state index in [1.54, 1.807) is 0 Å². The lowest BCUT2D eigenvalue weighted by Crippen LogP contribution is -2.66. The first-order valence-corrected chi connectivity index (χ1v) is 5.91. The molecule has 80 valence electrons. The molecular weight excluding hydrogens is 174 g/mol. The summed E-state index contributed by atoms with van der Waals surface area (Å²) in [4.78, 5) is 5.15. The van der Waals surface area contributed by atoms with Crippen LogP contribution in [-0.2, 0) is 0 Å². The number of nitrogens with one attached hydrogen (secondary N) is 1. The molecular formula is C11H21N3. The summed E-state index contributed by atoms with van der Waals surface area (Å²) in [6.07, 6.45) is 2.94. The second-order valence-electron chi connectivity index (χ2n) is 5.52. The molecule has 3 aliphatic rings. The van der Waals surface area contributed by atoms with Gasteiger partial charge >= 0.3 is 0 Å². The highest BCUT2D eigenvalue weighted by molar-refractivity contribution is 5.06. The second-order valence-corrected chi connectivity index (χ2v) is 5.52. The van der Waals surface area contributed by atoms with Crippen LogP contribution in [0.4, 0.5) is 0 Å². The lowest BCUT2D eigenvalue weighted by Gasteiger charge is -2.60. The van der Waals surface area contributed by atoms with E-state index in [-0.39, 0.29) is 0 Å². The van der Waals surface area contributed by atoms with Crippen molar-refractivity contribution < 1.29 is 0 Å². The van der Waals surface area contributed by atoms with Gasteiger partial charge in [-0.15, -0.1) is 0 Å². The lowest BCUT2D eigenvalue weighted by molar-refractivity contribution is -0.1000. The molecule has 0 aromatic rings. The van der Waals surface area contributed by atoms with Gasteiger partial charge in [-0.2, -0.15) is 0 Å². The van der Waals surface area contributed by atoms with Gasteiger partial charge in [0.2, 0.25) is 0 Å². The number of likely N-dealkylation sites (tertiary alicyclic amines) is 1. The predicted octanol–water partition coefficient (Wildman–Crippen LogP) is -0.0142. The topological polar surface area (TPSA) is 18.5 Å². The zero-order chi connectivity index (χ0) is 9.60. The van der Waals surface area contributed by atoms with Gasteiger partial charge in [0.15, 0.2) is 0 Å². The summed E-state index contributed by atoms with van der Waals surface area (Å²) in [5.74, 6) is 0. The molecule has 0 amide bonds. The maximum atomic E-state index is 3.42. The average molecular weight is 195 g/mol. The molecule has 0 bridgehead atoms. The van der Waals surface area contributed by atoms with Crippen LogP contribution in [0.3, 0.4) is 0 Å². The third-order valence-corrected chi connectivity index (χ3v) is 4.22. The van der Waals surface area contributed by atoms with Gasteiger partial charge in [-0.1, -0.05) is 0 Å². The van der Waals surface area contributed by atoms with Crippen LogP contribution in [0, 0.1) is 5.41 Å². The van der Waals surface area contributed by atoms with Crippen molar-refractivity contribution in [1.82, 2.24) is 15.1 Å². The standard InChI is InChI=1S/C11H21N3/c1-13-8-11(9-13)6-10(7-11)14-4-2-12-3-5-14/h10,12H,2-9H2,1H3. The Morgan fingerprint density at radius 1 is 1.14 bits per heavy atom. The molecule has 3 fully saturated rings. The van der Waals surface area contributed by atoms with Crippen LogP contribution in [0.5, 0.6) is 0 Å². The summed E-state index contributed by atoms with van der Waals surface area (Å²) in [5.41, 5.74) is 0.754. The van der Waals surface area contributed by atoms with E-state index in [0.717, 1.165) is 11.5 Å². The predicted molar refractivity (Wildman–Crippen MR) is 57.4 cm³/mol. The minimum Gasteiger partial charge on any atom is -0.314 e. The molecule has 2 aliphatic heterocycles. The van der Waals surface area contributed by atoms with E-state index in [2.05, 4.69) is 22.2 Å². The van der Waals surface area contributed by atoms with Crippen LogP contribution in [0.15, 0.2) is 0 Å². The van der Waals surface area contributed by atoms with Crippen LogP contribution in [0.2, 0.25) is 0 Å². The van der Waals surface area contributed by atoms with E-state index in [1.807, 2.05) is 0 Å². The summed E-state index contributed by atoms with van der Waals surface area (Å²) in [6.45, 7) is 7.66. The number of piperazine rings is 1. The molecule has 2 heterocycles. The first-order chi connectivity index (χ1) is 6.77. The van der Waals surface area contributed by atoms with Gasteiger partial charge in [-0.05, 0) is 25.3 Å². The Morgan fingerprint density at radius 3 is 2.36 bits per heavy atom. The lowest BCUT2D eigenvalue weighted by atomic mass is 9.60. The largest absolute Gasteiger partial charge is 0.314 e. The Bertz CT molecular complexity index is 209. The monoisotopic (exact) mass is 195 g/mol. The zero-order valence-electron chi connectivity index (χ0n) is 9.13. The van der Waals surface area contributed by atoms with Gasteiger partial charge < -0.3 is 10.2 Å². The molecule has 3 nitrogen and oxygen atoms in total. The number of rotatable bonds is 1. The second kappa shape index (κ2) is 3.19. The molecule has 0 atom stereocenters. The third kappa shape index (κ3) is 1.38. The van der Waals surface area contributed by atoms with Crippen LogP contribution >= 0.6 is 0 Å². The van der Waals surface area contributed by atoms with Crippen molar-refractivity contribution in [2.75, 3.05) is 46.3 Å². The van der Waals surface area contributed by atoms with Crippen LogP contribution < -0.4 is 5.32 Å². The molecule has 1 saturated carbocycles. The van der Waals surface area contributed by atoms with Crippen molar-refractivity contribution >= 4 is 0 Å². The third-order valence-electron chi connectivity index (χ3n) is 4.22. The summed E-state index contributed by atoms with van der Waals surface area (Å²) in [5, 5.41) is 3.42. The summed E-state index contributed by atoms with van der Waals surface area (Å²) < 4.78 is 0. The molecule has 0 radical (unpaired) electrons. The van der Waals surface area contributed by atoms with E-state index in [1.165, 1.54) is 52.1 Å². The first kappa shape index (κ1) is 9.13. The fourth-order valence-corrected chi connectivity index (χ4v) is 3.60. The zero-order valence-corrected chi connectivity index (χ0v) is 9.13. The number of hydrogen-bond acceptors (Lipinski definition) is 3. The van der Waals surface area contributed by atoms with Crippen LogP contribution in [0.1, 0.15) is 12.8 Å². The molecule has 3 heteroatoms. The summed E-state index contributed by atoms with van der Waals surface area (Å²) >= 11 is 0. The SMILES string of the molecule is CN1CC2(CC(N3CCNCC3)C2)C1. The minimum absolute atomic E-state index is 0.754. The van der Waals surface area contributed by atoms with Gasteiger partial charge in [-0.25, -0.2) is 0 Å². The highest BCUT2D eigenvalue weighted by Gasteiger charge is 2.52. The van der Waals surface area contributed by atoms with Crippen molar-refractivity contribution in [3.8, 4) is 0 Å². The Morgan fingerprint density at radius 2 is 1.79 bits per heavy atom. The maximum absolute atomic E-state index is 3.42. The van der Waals surface area contributed by atoms with E-state index < -0.39 is 0 Å². The Labute approximate surface area is 86.4 Å². The minimum atomic E-state index is 0.754. The van der Waals surface area contributed by atoms with Crippen LogP contribution in [0.25, 0.3) is 0 Å². The van der Waals surface area contributed by atoms with Crippen molar-refractivity contribution in [2.24, 2.45) is 5.41 Å². The molecule has 1 spiro atoms. The average Bonchev–Trinajstić information content (AvgIpc) is 2.10. The summed E-state index contributed by atoms with van der Waals surface area (Å²) in [6, 6.07) is 0.922. The fraction of sp³-hybridized carbons (Fsp3) is 1.00. The van der Waals surface area contributed by atoms with Crippen molar-refractivity contribution in [3.63, 3.8) is 0 Å². The molecule has 0 aromatic carbocycles. The molecule has 0 unspecified atom stereocenters. The molecule has 3 rings (SSSR count). The quantitative estimate of drug-likeness (QED) is 0.635. The van der Waals surface area contributed by atoms with E-state index in [4.69, 9.17) is 0 Å². The fourth-order valence-electron chi connectivity index (χ4n) is 3.60. The Kier molecular flexibility index (Phi) is 2.08. The number of nitrogens with zero attached hydrogens (tertiary/aromatic N) is 2. The van der Waals surface area contributed by atoms with Gasteiger partial charge in [0.1, 0.15) is 0 Å². The van der Waals surface area contributed by atoms with Gasteiger partial charge in [0, 0.05) is 45.3 Å². The van der Waals surface area contributed by atoms with E-state index in [0.29, 0.717) is 0 Å². The number of hydrogen-bond donors (Lipinski definition) is 1. The Hall–Kier alpha value is -0.120. The molecule has 2 saturated heterocycles. The van der Waals surface area contributed by atoms with Gasteiger partial charge in [0.05, 0.1) is 0 Å². The smallest absolute Gasteiger partial charge is 0.0110 e. The van der Waals surface area contributed by atoms with Crippen molar-refractivity contribution in [3.05, 3.63) is 0 Å². The molecule has 1 aliphatic carbocycles. The van der Waals surface area contributed by atoms with Crippen molar-refractivity contribution in [2.45, 2.75) is 18.9 Å². The van der Waals surface area contributed by atoms with Gasteiger partial charge in [0.25, 0.3) is 0 Å². The van der Waals surface area contributed by atoms with Crippen LogP contribution in [-0.4, -0.2) is 62.2 Å². The van der Waals surface area contributed by atoms with E-state index >= 15 is 0 Å². The molecule has 1 N–H and O–H groups in total. The molecule has 14 heavy (non-hydrogen) atoms. The normalized spacial score (nSPS) is 34.1. The van der Waals surface area contributed by atoms with E-state index in [9.17, 15) is 0 Å². The molecule has 0 aromatic heterocycles. The van der Waals surface area contributed by atoms with Crippen molar-refractivity contribution in [1.29, 1.82) is 0 Å². The maximum Gasteiger partial charge on any atom is 0.0110 e. The highest BCUT2D eigenvalue weighted by atomic mass is 15.3. The highest BCUT2D eigenvalue weighted by Crippen LogP contribution is 2.49. The summed E-state index contributed by atoms with van der Waals surface area (Å²) in [7, 11) is 2.24. The van der Waals surface area contributed by atoms with Gasteiger partial charge in [-0.3, -0.25) is 4.90 Å². The Balaban J connectivity index is 1.49.